The second-order valence-corrected chi connectivity index (χ2v) is 8.06. The van der Waals surface area contributed by atoms with Crippen molar-refractivity contribution < 1.29 is 57.0 Å². The average Bonchev–Trinajstić information content (AvgIpc) is 3.68. The van der Waals surface area contributed by atoms with Gasteiger partial charge in [0.15, 0.2) is 6.10 Å². The summed E-state index contributed by atoms with van der Waals surface area (Å²) in [5.74, 6) is -0.577. The van der Waals surface area contributed by atoms with E-state index in [-0.39, 0.29) is 38.3 Å². The number of ether oxygens (including phenoxy) is 9. The Hall–Kier alpha value is -2.15. The summed E-state index contributed by atoms with van der Waals surface area (Å²) in [6.45, 7) is 4.26. The van der Waals surface area contributed by atoms with Gasteiger partial charge in [-0.1, -0.05) is 6.92 Å². The minimum Gasteiger partial charge on any atom is -0.463 e. The SMILES string of the molecule is CCC1OC(=O)OC1CC1OC(=O)OC1CC(=O)OCC(COCC1CO1)OCC1CO1. The van der Waals surface area contributed by atoms with E-state index in [1.807, 2.05) is 6.92 Å². The lowest BCUT2D eigenvalue weighted by Crippen LogP contribution is -2.34. The van der Waals surface area contributed by atoms with Crippen molar-refractivity contribution in [1.82, 2.24) is 0 Å². The van der Waals surface area contributed by atoms with Gasteiger partial charge in [0, 0.05) is 6.42 Å². The highest BCUT2D eigenvalue weighted by atomic mass is 16.8. The maximum Gasteiger partial charge on any atom is 0.509 e. The molecule has 4 fully saturated rings. The van der Waals surface area contributed by atoms with Crippen LogP contribution in [0.15, 0.2) is 0 Å². The Labute approximate surface area is 184 Å². The van der Waals surface area contributed by atoms with Crippen LogP contribution in [0, 0.1) is 0 Å². The van der Waals surface area contributed by atoms with Gasteiger partial charge in [-0.05, 0) is 6.42 Å². The first-order valence-corrected chi connectivity index (χ1v) is 10.8. The molecule has 0 N–H and O–H groups in total. The topological polar surface area (TPSA) is 141 Å². The second-order valence-electron chi connectivity index (χ2n) is 8.06. The molecule has 0 aromatic rings. The fraction of sp³-hybridized carbons (Fsp3) is 0.850. The van der Waals surface area contributed by atoms with Crippen LogP contribution in [-0.4, -0.2) is 101 Å². The lowest BCUT2D eigenvalue weighted by Gasteiger charge is -2.20. The third-order valence-electron chi connectivity index (χ3n) is 5.41. The first-order valence-electron chi connectivity index (χ1n) is 10.8. The van der Waals surface area contributed by atoms with Gasteiger partial charge in [-0.15, -0.1) is 0 Å². The molecule has 7 atom stereocenters. The quantitative estimate of drug-likeness (QED) is 0.205. The molecule has 4 saturated heterocycles. The molecule has 0 aromatic heterocycles. The molecule has 0 saturated carbocycles. The molecule has 0 aliphatic carbocycles. The minimum atomic E-state index is -0.882. The van der Waals surface area contributed by atoms with Crippen LogP contribution in [0.5, 0.6) is 0 Å². The largest absolute Gasteiger partial charge is 0.509 e. The van der Waals surface area contributed by atoms with Crippen LogP contribution in [0.2, 0.25) is 0 Å². The van der Waals surface area contributed by atoms with E-state index in [0.717, 1.165) is 0 Å². The summed E-state index contributed by atoms with van der Waals surface area (Å²) in [5, 5.41) is 0. The summed E-state index contributed by atoms with van der Waals surface area (Å²) < 4.78 is 47.3. The lowest BCUT2D eigenvalue weighted by molar-refractivity contribution is -0.152. The molecule has 7 unspecified atom stereocenters. The van der Waals surface area contributed by atoms with Crippen LogP contribution in [0.4, 0.5) is 9.59 Å². The number of carbonyl (C=O) groups is 3. The van der Waals surface area contributed by atoms with E-state index in [0.29, 0.717) is 32.8 Å². The molecule has 0 aromatic carbocycles. The minimum absolute atomic E-state index is 0.0186. The van der Waals surface area contributed by atoms with Gasteiger partial charge in [0.25, 0.3) is 0 Å². The molecule has 32 heavy (non-hydrogen) atoms. The third-order valence-corrected chi connectivity index (χ3v) is 5.41. The molecule has 0 bridgehead atoms. The molecule has 12 nitrogen and oxygen atoms in total. The van der Waals surface area contributed by atoms with Crippen molar-refractivity contribution in [2.45, 2.75) is 68.9 Å². The van der Waals surface area contributed by atoms with E-state index in [4.69, 9.17) is 42.6 Å². The van der Waals surface area contributed by atoms with Crippen molar-refractivity contribution in [3.8, 4) is 0 Å². The van der Waals surface area contributed by atoms with Crippen molar-refractivity contribution in [2.24, 2.45) is 0 Å². The van der Waals surface area contributed by atoms with Crippen molar-refractivity contribution in [2.75, 3.05) is 39.6 Å². The summed E-state index contributed by atoms with van der Waals surface area (Å²) >= 11 is 0. The summed E-state index contributed by atoms with van der Waals surface area (Å²) in [4.78, 5) is 35.4. The number of cyclic esters (lactones) is 4. The van der Waals surface area contributed by atoms with E-state index in [1.165, 1.54) is 0 Å². The number of epoxide rings is 2. The lowest BCUT2D eigenvalue weighted by atomic mass is 10.00. The number of hydrogen-bond donors (Lipinski definition) is 0. The van der Waals surface area contributed by atoms with E-state index >= 15 is 0 Å². The molecular formula is C20H28O12. The maximum absolute atomic E-state index is 12.4. The van der Waals surface area contributed by atoms with Gasteiger partial charge >= 0.3 is 18.3 Å². The van der Waals surface area contributed by atoms with Crippen LogP contribution in [0.3, 0.4) is 0 Å². The van der Waals surface area contributed by atoms with Crippen LogP contribution >= 0.6 is 0 Å². The first kappa shape index (κ1) is 23.0. The van der Waals surface area contributed by atoms with Gasteiger partial charge < -0.3 is 42.6 Å². The predicted octanol–water partition coefficient (Wildman–Crippen LogP) is 0.727. The molecule has 0 spiro atoms. The molecule has 4 aliphatic rings. The first-order chi connectivity index (χ1) is 15.5. The summed E-state index contributed by atoms with van der Waals surface area (Å²) in [5.41, 5.74) is 0. The Morgan fingerprint density at radius 2 is 1.50 bits per heavy atom. The standard InChI is InChI=1S/C20H28O12/c1-2-14-15(30-19(22)29-14)3-16-17(32-20(23)31-16)4-18(21)28-10-12(26-8-13-9-27-13)6-24-5-11-7-25-11/h11-17H,2-10H2,1H3. The van der Waals surface area contributed by atoms with Gasteiger partial charge in [-0.2, -0.15) is 0 Å². The molecule has 180 valence electrons. The van der Waals surface area contributed by atoms with Gasteiger partial charge in [-0.3, -0.25) is 4.79 Å². The fourth-order valence-corrected chi connectivity index (χ4v) is 3.46. The van der Waals surface area contributed by atoms with Gasteiger partial charge in [-0.25, -0.2) is 9.59 Å². The number of rotatable bonds is 14. The van der Waals surface area contributed by atoms with Crippen LogP contribution in [0.25, 0.3) is 0 Å². The second kappa shape index (κ2) is 10.6. The Balaban J connectivity index is 1.22. The zero-order valence-corrected chi connectivity index (χ0v) is 17.8. The molecule has 4 rings (SSSR count). The molecule has 4 heterocycles. The number of hydrogen-bond acceptors (Lipinski definition) is 12. The van der Waals surface area contributed by atoms with E-state index < -0.39 is 48.8 Å². The fourth-order valence-electron chi connectivity index (χ4n) is 3.46. The average molecular weight is 460 g/mol. The van der Waals surface area contributed by atoms with Crippen molar-refractivity contribution >= 4 is 18.3 Å². The highest BCUT2D eigenvalue weighted by Crippen LogP contribution is 2.29. The maximum atomic E-state index is 12.4. The zero-order valence-electron chi connectivity index (χ0n) is 17.8. The highest BCUT2D eigenvalue weighted by molar-refractivity contribution is 5.72. The molecule has 0 radical (unpaired) electrons. The van der Waals surface area contributed by atoms with Gasteiger partial charge in [0.05, 0.1) is 39.5 Å². The summed E-state index contributed by atoms with van der Waals surface area (Å²) in [7, 11) is 0. The Kier molecular flexibility index (Phi) is 7.66. The Bertz CT molecular complexity index is 675. The zero-order chi connectivity index (χ0) is 22.5. The van der Waals surface area contributed by atoms with Gasteiger partial charge in [0.2, 0.25) is 0 Å². The predicted molar refractivity (Wildman–Crippen MR) is 101 cm³/mol. The van der Waals surface area contributed by atoms with Crippen molar-refractivity contribution in [1.29, 1.82) is 0 Å². The summed E-state index contributed by atoms with van der Waals surface area (Å²) in [6.07, 6.45) is -4.04. The molecular weight excluding hydrogens is 432 g/mol. The smallest absolute Gasteiger partial charge is 0.463 e. The highest BCUT2D eigenvalue weighted by Gasteiger charge is 2.45. The van der Waals surface area contributed by atoms with E-state index in [2.05, 4.69) is 0 Å². The summed E-state index contributed by atoms with van der Waals surface area (Å²) in [6, 6.07) is 0. The van der Waals surface area contributed by atoms with Gasteiger partial charge in [0.1, 0.15) is 43.2 Å². The third kappa shape index (κ3) is 6.92. The Morgan fingerprint density at radius 1 is 0.906 bits per heavy atom. The molecule has 12 heteroatoms. The molecule has 4 aliphatic heterocycles. The number of esters is 1. The normalized spacial score (nSPS) is 33.7. The van der Waals surface area contributed by atoms with Crippen LogP contribution in [0.1, 0.15) is 26.2 Å². The number of carbonyl (C=O) groups excluding carboxylic acids is 3. The molecule has 0 amide bonds. The van der Waals surface area contributed by atoms with Crippen molar-refractivity contribution in [3.05, 3.63) is 0 Å². The van der Waals surface area contributed by atoms with E-state index in [1.54, 1.807) is 0 Å². The van der Waals surface area contributed by atoms with Crippen LogP contribution in [-0.2, 0) is 47.4 Å². The van der Waals surface area contributed by atoms with Crippen molar-refractivity contribution in [3.63, 3.8) is 0 Å². The van der Waals surface area contributed by atoms with E-state index in [9.17, 15) is 14.4 Å². The van der Waals surface area contributed by atoms with Crippen LogP contribution < -0.4 is 0 Å². The Morgan fingerprint density at radius 3 is 2.16 bits per heavy atom. The monoisotopic (exact) mass is 460 g/mol.